The molecule has 7 unspecified atom stereocenters. The van der Waals surface area contributed by atoms with Gasteiger partial charge in [-0.15, -0.1) is 0 Å². The first-order valence-corrected chi connectivity index (χ1v) is 10.7. The van der Waals surface area contributed by atoms with Crippen LogP contribution in [0.4, 0.5) is 0 Å². The Hall–Kier alpha value is -2.21. The van der Waals surface area contributed by atoms with Crippen LogP contribution in [0, 0.1) is 0 Å². The van der Waals surface area contributed by atoms with Gasteiger partial charge >= 0.3 is 5.97 Å². The first-order valence-electron chi connectivity index (χ1n) is 10.7. The molecular weight excluding hydrogens is 422 g/mol. The molecule has 1 aliphatic carbocycles. The van der Waals surface area contributed by atoms with Crippen molar-refractivity contribution in [2.75, 3.05) is 13.6 Å². The number of benzene rings is 1. The lowest BCUT2D eigenvalue weighted by atomic mass is 9.69. The zero-order chi connectivity index (χ0) is 22.8. The predicted molar refractivity (Wildman–Crippen MR) is 108 cm³/mol. The molecule has 0 saturated carbocycles. The summed E-state index contributed by atoms with van der Waals surface area (Å²) in [5.74, 6) is -0.901. The monoisotopic (exact) mass is 449 g/mol. The van der Waals surface area contributed by atoms with Crippen LogP contribution in [0.1, 0.15) is 24.0 Å². The minimum atomic E-state index is -1.77. The lowest BCUT2D eigenvalue weighted by Crippen LogP contribution is -2.61. The highest BCUT2D eigenvalue weighted by atomic mass is 16.7. The fourth-order valence-electron chi connectivity index (χ4n) is 5.35. The van der Waals surface area contributed by atoms with Gasteiger partial charge in [-0.3, -0.25) is 0 Å². The third kappa shape index (κ3) is 3.21. The van der Waals surface area contributed by atoms with Gasteiger partial charge in [-0.25, -0.2) is 4.79 Å². The maximum atomic E-state index is 11.3. The van der Waals surface area contributed by atoms with E-state index in [0.717, 1.165) is 30.6 Å². The number of hydrogen-bond acceptors (Lipinski definition) is 9. The Morgan fingerprint density at radius 2 is 2.00 bits per heavy atom. The van der Waals surface area contributed by atoms with Gasteiger partial charge < -0.3 is 44.6 Å². The first kappa shape index (κ1) is 21.6. The third-order valence-electron chi connectivity index (χ3n) is 7.05. The second-order valence-electron chi connectivity index (χ2n) is 9.09. The van der Waals surface area contributed by atoms with Crippen LogP contribution >= 0.6 is 0 Å². The van der Waals surface area contributed by atoms with Crippen LogP contribution in [0.5, 0.6) is 11.5 Å². The van der Waals surface area contributed by atoms with Gasteiger partial charge in [0.1, 0.15) is 24.4 Å². The quantitative estimate of drug-likeness (QED) is 0.381. The number of aliphatic hydroxyl groups excluding tert-OH is 3. The highest BCUT2D eigenvalue weighted by Crippen LogP contribution is 2.55. The maximum Gasteiger partial charge on any atom is 0.335 e. The van der Waals surface area contributed by atoms with Gasteiger partial charge in [0.2, 0.25) is 0 Å². The normalized spacial score (nSPS) is 40.8. The summed E-state index contributed by atoms with van der Waals surface area (Å²) in [7, 11) is 2.05. The van der Waals surface area contributed by atoms with E-state index in [9.17, 15) is 30.3 Å². The van der Waals surface area contributed by atoms with E-state index in [1.54, 1.807) is 6.07 Å². The van der Waals surface area contributed by atoms with E-state index in [2.05, 4.69) is 4.90 Å². The summed E-state index contributed by atoms with van der Waals surface area (Å²) in [6.07, 6.45) is -4.21. The summed E-state index contributed by atoms with van der Waals surface area (Å²) in [5.41, 5.74) is 1.65. The SMILES string of the molecule is CN1CC[C@@]23C=CC(OC4OC(C(=O)O)C(O)C(O)C4O)CC2Oc2c(O)ccc(c23)C1. The number of carboxylic acid groups (broad SMARTS) is 1. The van der Waals surface area contributed by atoms with Crippen LogP contribution in [0.25, 0.3) is 0 Å². The van der Waals surface area contributed by atoms with Crippen LogP contribution in [0.3, 0.4) is 0 Å². The molecule has 4 aliphatic rings. The molecule has 1 saturated heterocycles. The van der Waals surface area contributed by atoms with Gasteiger partial charge in [0.05, 0.1) is 11.5 Å². The molecule has 0 aromatic heterocycles. The van der Waals surface area contributed by atoms with Crippen molar-refractivity contribution < 1.29 is 44.5 Å². The van der Waals surface area contributed by atoms with Crippen molar-refractivity contribution in [1.29, 1.82) is 0 Å². The molecule has 10 nitrogen and oxygen atoms in total. The Labute approximate surface area is 184 Å². The highest BCUT2D eigenvalue weighted by Gasteiger charge is 2.54. The Morgan fingerprint density at radius 3 is 2.75 bits per heavy atom. The number of aromatic hydroxyl groups is 1. The zero-order valence-electron chi connectivity index (χ0n) is 17.5. The molecule has 0 bridgehead atoms. The number of aliphatic hydroxyl groups is 3. The zero-order valence-corrected chi connectivity index (χ0v) is 17.5. The number of phenols is 1. The van der Waals surface area contributed by atoms with Gasteiger partial charge in [0, 0.05) is 18.5 Å². The Balaban J connectivity index is 1.41. The van der Waals surface area contributed by atoms with E-state index >= 15 is 0 Å². The number of carbonyl (C=O) groups is 1. The Bertz CT molecular complexity index is 952. The van der Waals surface area contributed by atoms with Crippen LogP contribution in [0.2, 0.25) is 0 Å². The molecule has 3 aliphatic heterocycles. The predicted octanol–water partition coefficient (Wildman–Crippen LogP) is -0.536. The first-order chi connectivity index (χ1) is 15.2. The lowest BCUT2D eigenvalue weighted by Gasteiger charge is -2.42. The van der Waals surface area contributed by atoms with Crippen molar-refractivity contribution in [3.63, 3.8) is 0 Å². The second-order valence-corrected chi connectivity index (χ2v) is 9.09. The van der Waals surface area contributed by atoms with Crippen molar-refractivity contribution in [3.8, 4) is 11.5 Å². The summed E-state index contributed by atoms with van der Waals surface area (Å²) in [6, 6.07) is 3.56. The maximum absolute atomic E-state index is 11.3. The van der Waals surface area contributed by atoms with Crippen LogP contribution in [-0.4, -0.2) is 92.9 Å². The Kier molecular flexibility index (Phi) is 5.19. The van der Waals surface area contributed by atoms with Crippen molar-refractivity contribution >= 4 is 5.97 Å². The van der Waals surface area contributed by atoms with Crippen molar-refractivity contribution in [2.24, 2.45) is 0 Å². The molecule has 1 aromatic carbocycles. The summed E-state index contributed by atoms with van der Waals surface area (Å²) in [6.45, 7) is 1.58. The smallest absolute Gasteiger partial charge is 0.335 e. The highest BCUT2D eigenvalue weighted by molar-refractivity contribution is 5.73. The summed E-state index contributed by atoms with van der Waals surface area (Å²) >= 11 is 0. The topological polar surface area (TPSA) is 149 Å². The van der Waals surface area contributed by atoms with E-state index < -0.39 is 48.2 Å². The molecule has 1 spiro atoms. The molecule has 3 heterocycles. The number of rotatable bonds is 3. The molecule has 174 valence electrons. The molecule has 1 fully saturated rings. The van der Waals surface area contributed by atoms with Gasteiger partial charge in [0.15, 0.2) is 23.9 Å². The van der Waals surface area contributed by atoms with Gasteiger partial charge in [-0.05, 0) is 31.6 Å². The van der Waals surface area contributed by atoms with Gasteiger partial charge in [0.25, 0.3) is 0 Å². The van der Waals surface area contributed by atoms with E-state index in [1.807, 2.05) is 25.3 Å². The average molecular weight is 449 g/mol. The molecule has 10 heteroatoms. The molecular formula is C22H27NO9. The minimum absolute atomic E-state index is 0.0837. The number of carboxylic acids is 1. The van der Waals surface area contributed by atoms with Crippen LogP contribution < -0.4 is 4.74 Å². The fourth-order valence-corrected chi connectivity index (χ4v) is 5.35. The molecule has 5 rings (SSSR count). The third-order valence-corrected chi connectivity index (χ3v) is 7.05. The second kappa shape index (κ2) is 7.68. The molecule has 5 N–H and O–H groups in total. The van der Waals surface area contributed by atoms with E-state index in [1.165, 1.54) is 0 Å². The van der Waals surface area contributed by atoms with Gasteiger partial charge in [-0.2, -0.15) is 0 Å². The lowest BCUT2D eigenvalue weighted by molar-refractivity contribution is -0.302. The van der Waals surface area contributed by atoms with Crippen LogP contribution in [-0.2, 0) is 26.2 Å². The average Bonchev–Trinajstić information content (AvgIpc) is 3.02. The molecule has 0 radical (unpaired) electrons. The van der Waals surface area contributed by atoms with E-state index in [-0.39, 0.29) is 11.9 Å². The number of hydrogen-bond donors (Lipinski definition) is 5. The minimum Gasteiger partial charge on any atom is -0.504 e. The summed E-state index contributed by atoms with van der Waals surface area (Å²) < 4.78 is 17.3. The van der Waals surface area contributed by atoms with Crippen molar-refractivity contribution in [3.05, 3.63) is 35.4 Å². The largest absolute Gasteiger partial charge is 0.504 e. The summed E-state index contributed by atoms with van der Waals surface area (Å²) in [5, 5.41) is 49.8. The van der Waals surface area contributed by atoms with Crippen molar-refractivity contribution in [2.45, 2.75) is 67.7 Å². The van der Waals surface area contributed by atoms with Crippen molar-refractivity contribution in [1.82, 2.24) is 4.90 Å². The number of aliphatic carboxylic acids is 1. The van der Waals surface area contributed by atoms with Gasteiger partial charge in [-0.1, -0.05) is 18.2 Å². The standard InChI is InChI=1S/C22H27NO9/c1-23-7-6-22-5-4-11(30-21-17(27)15(25)16(26)19(32-21)20(28)29)8-13(22)31-18-12(24)3-2-10(9-23)14(18)22/h2-5,11,13,15-17,19,21,24-27H,6-9H2,1H3,(H,28,29)/t11?,13?,15?,16?,17?,19?,21?,22-/m0/s1. The van der Waals surface area contributed by atoms with Crippen LogP contribution in [0.15, 0.2) is 24.3 Å². The molecule has 0 amide bonds. The number of phenolic OH excluding ortho intramolecular Hbond substituents is 1. The molecule has 1 aromatic rings. The molecule has 32 heavy (non-hydrogen) atoms. The van der Waals surface area contributed by atoms with E-state index in [4.69, 9.17) is 14.2 Å². The molecule has 8 atom stereocenters. The Morgan fingerprint density at radius 1 is 1.22 bits per heavy atom. The van der Waals surface area contributed by atoms with E-state index in [0.29, 0.717) is 12.2 Å². The fraction of sp³-hybridized carbons (Fsp3) is 0.591. The number of nitrogens with zero attached hydrogens (tertiary/aromatic N) is 1. The summed E-state index contributed by atoms with van der Waals surface area (Å²) in [4.78, 5) is 13.6. The number of ether oxygens (including phenoxy) is 3.